The lowest BCUT2D eigenvalue weighted by atomic mass is 10.1. The summed E-state index contributed by atoms with van der Waals surface area (Å²) < 4.78 is 2.05. The fourth-order valence-corrected chi connectivity index (χ4v) is 4.55. The molecule has 0 unspecified atom stereocenters. The zero-order chi connectivity index (χ0) is 16.5. The van der Waals surface area contributed by atoms with Crippen molar-refractivity contribution in [2.75, 3.05) is 5.32 Å². The first-order valence-corrected chi connectivity index (χ1v) is 11.2. The molecule has 2 atom stereocenters. The van der Waals surface area contributed by atoms with E-state index in [1.165, 1.54) is 0 Å². The predicted octanol–water partition coefficient (Wildman–Crippen LogP) is 4.27. The minimum atomic E-state index is -0.201. The van der Waals surface area contributed by atoms with Crippen molar-refractivity contribution in [2.24, 2.45) is 0 Å². The average Bonchev–Trinajstić information content (AvgIpc) is 3.22. The van der Waals surface area contributed by atoms with Crippen LogP contribution in [0.25, 0.3) is 22.3 Å². The number of aliphatic hydroxyl groups excluding tert-OH is 1. The van der Waals surface area contributed by atoms with Gasteiger partial charge in [0, 0.05) is 65.9 Å². The van der Waals surface area contributed by atoms with Crippen molar-refractivity contribution < 1.29 is 5.11 Å². The standard InChI is InChI=1S/C17H17IN4OS/c18-24-22-8-6-13-16(21-11-4-5-12(23)9-11)14(10-20-17(13)22)15-3-1-2-7-19-15/h1-3,6-8,10-12,23H,4-5,9H2,(H,20,21)/t11-,12+/m1/s1. The van der Waals surface area contributed by atoms with E-state index in [0.717, 1.165) is 47.2 Å². The van der Waals surface area contributed by atoms with Crippen LogP contribution in [0.3, 0.4) is 0 Å². The molecule has 0 aromatic carbocycles. The van der Waals surface area contributed by atoms with Gasteiger partial charge < -0.3 is 10.4 Å². The zero-order valence-electron chi connectivity index (χ0n) is 12.9. The summed E-state index contributed by atoms with van der Waals surface area (Å²) in [5.74, 6) is 0. The van der Waals surface area contributed by atoms with Crippen LogP contribution in [0.5, 0.6) is 0 Å². The van der Waals surface area contributed by atoms with Crippen LogP contribution < -0.4 is 5.32 Å². The van der Waals surface area contributed by atoms with Crippen molar-refractivity contribution in [2.45, 2.75) is 31.4 Å². The molecule has 0 spiro atoms. The largest absolute Gasteiger partial charge is 0.393 e. The number of anilines is 1. The third-order valence-electron chi connectivity index (χ3n) is 4.45. The highest BCUT2D eigenvalue weighted by molar-refractivity contribution is 14.2. The molecule has 1 aliphatic rings. The van der Waals surface area contributed by atoms with Gasteiger partial charge in [-0.1, -0.05) is 6.07 Å². The molecule has 0 aliphatic heterocycles. The summed E-state index contributed by atoms with van der Waals surface area (Å²) in [6, 6.07) is 8.28. The van der Waals surface area contributed by atoms with E-state index in [9.17, 15) is 5.11 Å². The van der Waals surface area contributed by atoms with Crippen molar-refractivity contribution in [1.82, 2.24) is 13.9 Å². The lowest BCUT2D eigenvalue weighted by Crippen LogP contribution is -2.17. The van der Waals surface area contributed by atoms with Gasteiger partial charge in [-0.25, -0.2) is 4.98 Å². The molecule has 1 fully saturated rings. The first-order valence-electron chi connectivity index (χ1n) is 7.91. The smallest absolute Gasteiger partial charge is 0.152 e. The van der Waals surface area contributed by atoms with E-state index in [0.29, 0.717) is 0 Å². The van der Waals surface area contributed by atoms with Gasteiger partial charge >= 0.3 is 0 Å². The Labute approximate surface area is 156 Å². The van der Waals surface area contributed by atoms with Crippen molar-refractivity contribution in [3.8, 4) is 11.3 Å². The lowest BCUT2D eigenvalue weighted by Gasteiger charge is -2.18. The second kappa shape index (κ2) is 6.89. The number of nitrogens with zero attached hydrogens (tertiary/aromatic N) is 3. The summed E-state index contributed by atoms with van der Waals surface area (Å²) in [5, 5.41) is 14.6. The molecule has 0 amide bonds. The van der Waals surface area contributed by atoms with Crippen molar-refractivity contribution >= 4 is 47.0 Å². The Morgan fingerprint density at radius 1 is 1.25 bits per heavy atom. The summed E-state index contributed by atoms with van der Waals surface area (Å²) in [6.45, 7) is 0. The van der Waals surface area contributed by atoms with Gasteiger partial charge in [0.25, 0.3) is 0 Å². The van der Waals surface area contributed by atoms with Crippen LogP contribution in [0.2, 0.25) is 0 Å². The summed E-state index contributed by atoms with van der Waals surface area (Å²) in [5.41, 5.74) is 3.90. The number of aromatic nitrogens is 3. The minimum absolute atomic E-state index is 0.201. The summed E-state index contributed by atoms with van der Waals surface area (Å²) in [7, 11) is 1.60. The second-order valence-corrected chi connectivity index (χ2v) is 7.73. The van der Waals surface area contributed by atoms with Gasteiger partial charge in [0.15, 0.2) is 5.65 Å². The van der Waals surface area contributed by atoms with Crippen molar-refractivity contribution in [1.29, 1.82) is 0 Å². The SMILES string of the molecule is O[C@H]1CC[C@@H](Nc2c(-c3ccccn3)cnc3c2ccn3SI)C1. The van der Waals surface area contributed by atoms with Crippen LogP contribution in [0.15, 0.2) is 42.9 Å². The molecule has 1 aliphatic carbocycles. The van der Waals surface area contributed by atoms with Gasteiger partial charge in [-0.05, 0) is 37.5 Å². The third kappa shape index (κ3) is 3.00. The normalized spacial score (nSPS) is 20.6. The molecule has 7 heteroatoms. The Kier molecular flexibility index (Phi) is 4.64. The van der Waals surface area contributed by atoms with Crippen LogP contribution >= 0.6 is 30.3 Å². The average molecular weight is 452 g/mol. The molecular weight excluding hydrogens is 435 g/mol. The van der Waals surface area contributed by atoms with E-state index in [-0.39, 0.29) is 12.1 Å². The van der Waals surface area contributed by atoms with Crippen LogP contribution in [-0.2, 0) is 0 Å². The fourth-order valence-electron chi connectivity index (χ4n) is 3.28. The quantitative estimate of drug-likeness (QED) is 0.579. The number of hydrogen-bond donors (Lipinski definition) is 2. The highest BCUT2D eigenvalue weighted by Crippen LogP contribution is 2.37. The molecule has 1 saturated carbocycles. The second-order valence-electron chi connectivity index (χ2n) is 6.02. The van der Waals surface area contributed by atoms with Crippen LogP contribution in [0.1, 0.15) is 19.3 Å². The maximum absolute atomic E-state index is 9.85. The number of pyridine rings is 2. The number of aliphatic hydroxyl groups is 1. The Bertz CT molecular complexity index is 854. The molecule has 0 saturated heterocycles. The molecule has 4 rings (SSSR count). The van der Waals surface area contributed by atoms with Crippen molar-refractivity contribution in [3.05, 3.63) is 42.9 Å². The molecule has 0 bridgehead atoms. The predicted molar refractivity (Wildman–Crippen MR) is 107 cm³/mol. The fraction of sp³-hybridized carbons (Fsp3) is 0.294. The highest BCUT2D eigenvalue weighted by atomic mass is 127. The Balaban J connectivity index is 1.83. The van der Waals surface area contributed by atoms with E-state index in [1.54, 1.807) is 15.3 Å². The van der Waals surface area contributed by atoms with Gasteiger partial charge in [0.1, 0.15) is 0 Å². The van der Waals surface area contributed by atoms with E-state index in [1.807, 2.05) is 34.6 Å². The molecule has 0 radical (unpaired) electrons. The number of nitrogens with one attached hydrogen (secondary N) is 1. The van der Waals surface area contributed by atoms with E-state index in [2.05, 4.69) is 42.6 Å². The Hall–Kier alpha value is -1.32. The Morgan fingerprint density at radius 3 is 2.88 bits per heavy atom. The first kappa shape index (κ1) is 16.2. The van der Waals surface area contributed by atoms with E-state index in [4.69, 9.17) is 0 Å². The monoisotopic (exact) mass is 452 g/mol. The van der Waals surface area contributed by atoms with E-state index >= 15 is 0 Å². The number of halogens is 1. The molecule has 5 nitrogen and oxygen atoms in total. The molecular formula is C17H17IN4OS. The number of hydrogen-bond acceptors (Lipinski definition) is 5. The first-order chi connectivity index (χ1) is 11.8. The summed E-state index contributed by atoms with van der Waals surface area (Å²) in [6.07, 6.45) is 8.14. The van der Waals surface area contributed by atoms with Gasteiger partial charge in [-0.3, -0.25) is 8.96 Å². The topological polar surface area (TPSA) is 63.0 Å². The molecule has 3 heterocycles. The molecule has 3 aromatic rings. The third-order valence-corrected chi connectivity index (χ3v) is 6.17. The molecule has 124 valence electrons. The Morgan fingerprint density at radius 2 is 2.17 bits per heavy atom. The lowest BCUT2D eigenvalue weighted by molar-refractivity contribution is 0.182. The van der Waals surface area contributed by atoms with Crippen LogP contribution in [-0.4, -0.2) is 31.2 Å². The molecule has 2 N–H and O–H groups in total. The molecule has 3 aromatic heterocycles. The van der Waals surface area contributed by atoms with Crippen LogP contribution in [0, 0.1) is 0 Å². The summed E-state index contributed by atoms with van der Waals surface area (Å²) in [4.78, 5) is 9.14. The maximum atomic E-state index is 9.85. The number of rotatable bonds is 4. The zero-order valence-corrected chi connectivity index (χ0v) is 15.9. The van der Waals surface area contributed by atoms with Gasteiger partial charge in [0.2, 0.25) is 0 Å². The summed E-state index contributed by atoms with van der Waals surface area (Å²) >= 11 is 2.26. The minimum Gasteiger partial charge on any atom is -0.393 e. The van der Waals surface area contributed by atoms with Crippen molar-refractivity contribution in [3.63, 3.8) is 0 Å². The van der Waals surface area contributed by atoms with Gasteiger partial charge in [-0.15, -0.1) is 0 Å². The number of fused-ring (bicyclic) bond motifs is 1. The molecule has 24 heavy (non-hydrogen) atoms. The maximum Gasteiger partial charge on any atom is 0.152 e. The van der Waals surface area contributed by atoms with Gasteiger partial charge in [0.05, 0.1) is 17.5 Å². The van der Waals surface area contributed by atoms with Crippen LogP contribution in [0.4, 0.5) is 5.69 Å². The van der Waals surface area contributed by atoms with Gasteiger partial charge in [-0.2, -0.15) is 0 Å². The van der Waals surface area contributed by atoms with E-state index < -0.39 is 0 Å². The highest BCUT2D eigenvalue weighted by Gasteiger charge is 2.25.